The maximum absolute atomic E-state index is 12.5. The number of anilines is 1. The number of hydrogen-bond acceptors (Lipinski definition) is 5. The lowest BCUT2D eigenvalue weighted by Gasteiger charge is -2.35. The topological polar surface area (TPSA) is 88.5 Å². The van der Waals surface area contributed by atoms with Crippen LogP contribution in [0.25, 0.3) is 0 Å². The molecule has 1 aromatic heterocycles. The standard InChI is InChI=1S/C20H31N5O3/c1-13-9-24(10-14(2)28-13)20(27)12-25-11-18(8-21-25)23-19(26)7-15-5-16-3-4-17(6-15)22-16/h8,11,13-17,22H,3-7,9-10,12H2,1-2H3,(H,23,26). The van der Waals surface area contributed by atoms with Crippen molar-refractivity contribution in [3.05, 3.63) is 12.4 Å². The lowest BCUT2D eigenvalue weighted by atomic mass is 9.89. The third kappa shape index (κ3) is 4.72. The lowest BCUT2D eigenvalue weighted by Crippen LogP contribution is -2.49. The van der Waals surface area contributed by atoms with Crippen LogP contribution in [0.15, 0.2) is 12.4 Å². The number of amides is 2. The minimum Gasteiger partial charge on any atom is -0.372 e. The van der Waals surface area contributed by atoms with Crippen LogP contribution in [0.5, 0.6) is 0 Å². The molecule has 0 radical (unpaired) electrons. The quantitative estimate of drug-likeness (QED) is 0.794. The number of piperidine rings is 1. The van der Waals surface area contributed by atoms with Gasteiger partial charge in [0.2, 0.25) is 11.8 Å². The second-order valence-corrected chi connectivity index (χ2v) is 8.71. The summed E-state index contributed by atoms with van der Waals surface area (Å²) in [6, 6.07) is 1.19. The Balaban J connectivity index is 1.26. The monoisotopic (exact) mass is 389 g/mol. The molecule has 154 valence electrons. The van der Waals surface area contributed by atoms with E-state index in [1.54, 1.807) is 17.1 Å². The number of ether oxygens (including phenoxy) is 1. The zero-order valence-electron chi connectivity index (χ0n) is 16.8. The van der Waals surface area contributed by atoms with E-state index >= 15 is 0 Å². The number of carbonyl (C=O) groups is 2. The van der Waals surface area contributed by atoms with Crippen LogP contribution in [0.1, 0.15) is 46.0 Å². The fourth-order valence-corrected chi connectivity index (χ4v) is 4.95. The molecule has 8 heteroatoms. The minimum absolute atomic E-state index is 0.0214. The van der Waals surface area contributed by atoms with Gasteiger partial charge in [0.05, 0.1) is 24.1 Å². The minimum atomic E-state index is 0.0214. The Morgan fingerprint density at radius 3 is 2.57 bits per heavy atom. The number of nitrogens with one attached hydrogen (secondary N) is 2. The first-order valence-corrected chi connectivity index (χ1v) is 10.5. The molecule has 3 saturated heterocycles. The molecule has 0 saturated carbocycles. The molecule has 0 aliphatic carbocycles. The van der Waals surface area contributed by atoms with Gasteiger partial charge in [-0.05, 0) is 45.4 Å². The molecule has 2 bridgehead atoms. The number of morpholine rings is 1. The number of rotatable bonds is 5. The molecule has 0 spiro atoms. The molecular weight excluding hydrogens is 358 g/mol. The van der Waals surface area contributed by atoms with E-state index in [0.717, 1.165) is 12.8 Å². The van der Waals surface area contributed by atoms with Gasteiger partial charge in [-0.3, -0.25) is 14.3 Å². The SMILES string of the molecule is CC1CN(C(=O)Cn2cc(NC(=O)CC3CC4CCC(C3)N4)cn2)CC(C)O1. The molecule has 0 aromatic carbocycles. The highest BCUT2D eigenvalue weighted by molar-refractivity contribution is 5.90. The van der Waals surface area contributed by atoms with Gasteiger partial charge in [-0.1, -0.05) is 0 Å². The van der Waals surface area contributed by atoms with Gasteiger partial charge in [0.1, 0.15) is 6.54 Å². The van der Waals surface area contributed by atoms with E-state index in [1.165, 1.54) is 12.8 Å². The van der Waals surface area contributed by atoms with Gasteiger partial charge in [-0.15, -0.1) is 0 Å². The van der Waals surface area contributed by atoms with Crippen molar-refractivity contribution in [2.45, 2.75) is 76.8 Å². The average Bonchev–Trinajstić information content (AvgIpc) is 3.19. The van der Waals surface area contributed by atoms with Crippen LogP contribution in [-0.2, 0) is 20.9 Å². The van der Waals surface area contributed by atoms with Crippen molar-refractivity contribution in [3.63, 3.8) is 0 Å². The molecule has 28 heavy (non-hydrogen) atoms. The third-order valence-corrected chi connectivity index (χ3v) is 6.03. The summed E-state index contributed by atoms with van der Waals surface area (Å²) in [5.74, 6) is 0.516. The van der Waals surface area contributed by atoms with Crippen molar-refractivity contribution >= 4 is 17.5 Å². The summed E-state index contributed by atoms with van der Waals surface area (Å²) in [7, 11) is 0. The van der Waals surface area contributed by atoms with E-state index in [1.807, 2.05) is 18.7 Å². The number of fused-ring (bicyclic) bond motifs is 2. The Labute approximate surface area is 166 Å². The smallest absolute Gasteiger partial charge is 0.244 e. The van der Waals surface area contributed by atoms with Crippen molar-refractivity contribution in [2.24, 2.45) is 5.92 Å². The van der Waals surface area contributed by atoms with Crippen molar-refractivity contribution < 1.29 is 14.3 Å². The van der Waals surface area contributed by atoms with Gasteiger partial charge in [-0.25, -0.2) is 0 Å². The summed E-state index contributed by atoms with van der Waals surface area (Å²) < 4.78 is 7.27. The molecule has 4 rings (SSSR count). The highest BCUT2D eigenvalue weighted by Gasteiger charge is 2.34. The summed E-state index contributed by atoms with van der Waals surface area (Å²) in [6.45, 7) is 5.34. The van der Waals surface area contributed by atoms with E-state index in [-0.39, 0.29) is 30.6 Å². The summed E-state index contributed by atoms with van der Waals surface area (Å²) in [5.41, 5.74) is 0.651. The number of aromatic nitrogens is 2. The van der Waals surface area contributed by atoms with Crippen LogP contribution in [0.3, 0.4) is 0 Å². The van der Waals surface area contributed by atoms with Gasteiger partial charge in [-0.2, -0.15) is 5.10 Å². The highest BCUT2D eigenvalue weighted by atomic mass is 16.5. The van der Waals surface area contributed by atoms with Gasteiger partial charge in [0.25, 0.3) is 0 Å². The number of hydrogen-bond donors (Lipinski definition) is 2. The fourth-order valence-electron chi connectivity index (χ4n) is 4.95. The third-order valence-electron chi connectivity index (χ3n) is 6.03. The zero-order valence-corrected chi connectivity index (χ0v) is 16.8. The zero-order chi connectivity index (χ0) is 19.7. The summed E-state index contributed by atoms with van der Waals surface area (Å²) in [5, 5.41) is 10.8. The average molecular weight is 390 g/mol. The summed E-state index contributed by atoms with van der Waals surface area (Å²) in [4.78, 5) is 26.8. The summed E-state index contributed by atoms with van der Waals surface area (Å²) in [6.07, 6.45) is 8.66. The van der Waals surface area contributed by atoms with Crippen molar-refractivity contribution in [1.82, 2.24) is 20.0 Å². The molecular formula is C20H31N5O3. The highest BCUT2D eigenvalue weighted by Crippen LogP contribution is 2.32. The number of carbonyl (C=O) groups excluding carboxylic acids is 2. The predicted octanol–water partition coefficient (Wildman–Crippen LogP) is 1.38. The van der Waals surface area contributed by atoms with Gasteiger partial charge < -0.3 is 20.3 Å². The first-order valence-electron chi connectivity index (χ1n) is 10.5. The lowest BCUT2D eigenvalue weighted by molar-refractivity contribution is -0.144. The largest absolute Gasteiger partial charge is 0.372 e. The van der Waals surface area contributed by atoms with E-state index in [4.69, 9.17) is 4.74 Å². The Hall–Kier alpha value is -1.93. The van der Waals surface area contributed by atoms with Crippen LogP contribution < -0.4 is 10.6 Å². The van der Waals surface area contributed by atoms with E-state index in [2.05, 4.69) is 15.7 Å². The Kier molecular flexibility index (Phi) is 5.68. The van der Waals surface area contributed by atoms with Crippen LogP contribution in [-0.4, -0.2) is 63.9 Å². The van der Waals surface area contributed by atoms with Gasteiger partial charge in [0.15, 0.2) is 0 Å². The van der Waals surface area contributed by atoms with Crippen molar-refractivity contribution in [3.8, 4) is 0 Å². The molecule has 4 atom stereocenters. The maximum atomic E-state index is 12.5. The Morgan fingerprint density at radius 2 is 1.89 bits per heavy atom. The molecule has 4 heterocycles. The second-order valence-electron chi connectivity index (χ2n) is 8.71. The molecule has 8 nitrogen and oxygen atoms in total. The van der Waals surface area contributed by atoms with Crippen LogP contribution >= 0.6 is 0 Å². The molecule has 1 aromatic rings. The number of nitrogens with zero attached hydrogens (tertiary/aromatic N) is 3. The molecule has 2 amide bonds. The van der Waals surface area contributed by atoms with E-state index < -0.39 is 0 Å². The Morgan fingerprint density at radius 1 is 1.21 bits per heavy atom. The first kappa shape index (κ1) is 19.4. The van der Waals surface area contributed by atoms with Gasteiger partial charge >= 0.3 is 0 Å². The first-order chi connectivity index (χ1) is 13.4. The van der Waals surface area contributed by atoms with Crippen molar-refractivity contribution in [1.29, 1.82) is 0 Å². The van der Waals surface area contributed by atoms with Gasteiger partial charge in [0, 0.05) is 37.8 Å². The molecule has 3 aliphatic heterocycles. The molecule has 4 unspecified atom stereocenters. The van der Waals surface area contributed by atoms with Crippen LogP contribution in [0, 0.1) is 5.92 Å². The summed E-state index contributed by atoms with van der Waals surface area (Å²) >= 11 is 0. The van der Waals surface area contributed by atoms with Crippen LogP contribution in [0.2, 0.25) is 0 Å². The maximum Gasteiger partial charge on any atom is 0.244 e. The van der Waals surface area contributed by atoms with E-state index in [0.29, 0.717) is 43.2 Å². The van der Waals surface area contributed by atoms with Crippen molar-refractivity contribution in [2.75, 3.05) is 18.4 Å². The Bertz CT molecular complexity index is 698. The normalized spacial score (nSPS) is 32.4. The predicted molar refractivity (Wildman–Crippen MR) is 105 cm³/mol. The molecule has 2 N–H and O–H groups in total. The second kappa shape index (κ2) is 8.21. The molecule has 3 aliphatic rings. The molecule has 3 fully saturated rings. The van der Waals surface area contributed by atoms with Crippen LogP contribution in [0.4, 0.5) is 5.69 Å². The van der Waals surface area contributed by atoms with E-state index in [9.17, 15) is 9.59 Å². The fraction of sp³-hybridized carbons (Fsp3) is 0.750.